The lowest BCUT2D eigenvalue weighted by Gasteiger charge is -2.27. The summed E-state index contributed by atoms with van der Waals surface area (Å²) in [7, 11) is 0. The number of likely N-dealkylation sites (tertiary alicyclic amines) is 1. The fourth-order valence-electron chi connectivity index (χ4n) is 4.42. The second kappa shape index (κ2) is 7.64. The molecule has 1 amide bonds. The minimum Gasteiger partial charge on any atom is -0.477 e. The van der Waals surface area contributed by atoms with Crippen LogP contribution in [0.4, 0.5) is 13.2 Å². The van der Waals surface area contributed by atoms with Crippen molar-refractivity contribution >= 4 is 16.8 Å². The predicted octanol–water partition coefficient (Wildman–Crippen LogP) is 2.92. The third-order valence-electron chi connectivity index (χ3n) is 5.81. The van der Waals surface area contributed by atoms with Crippen LogP contribution in [-0.2, 0) is 13.1 Å². The molecule has 0 bridgehead atoms. The first-order valence-corrected chi connectivity index (χ1v) is 10.4. The lowest BCUT2D eigenvalue weighted by atomic mass is 10.1. The summed E-state index contributed by atoms with van der Waals surface area (Å²) in [5.74, 6) is -0.0819. The van der Waals surface area contributed by atoms with E-state index < -0.39 is 30.2 Å². The first-order valence-electron chi connectivity index (χ1n) is 10.4. The van der Waals surface area contributed by atoms with Gasteiger partial charge in [0.1, 0.15) is 17.9 Å². The van der Waals surface area contributed by atoms with Crippen LogP contribution < -0.4 is 10.3 Å². The Hall–Kier alpha value is -3.37. The molecule has 168 valence electrons. The molecule has 32 heavy (non-hydrogen) atoms. The standard InChI is InChI=1S/C21H20F3N5O3/c22-21(23,24)12-28-17(26-15-6-2-1-5-13(15)18(28)30)16-7-3-8-27(16)19(31)14-11-25-29-9-4-10-32-20(14)29/h1-2,5-6,11,16H,3-4,7-10,12H2. The number of carbonyl (C=O) groups excluding carboxylic acids is 1. The van der Waals surface area contributed by atoms with Crippen molar-refractivity contribution < 1.29 is 22.7 Å². The number of carbonyl (C=O) groups is 1. The van der Waals surface area contributed by atoms with E-state index in [4.69, 9.17) is 4.74 Å². The van der Waals surface area contributed by atoms with Gasteiger partial charge in [-0.25, -0.2) is 9.67 Å². The van der Waals surface area contributed by atoms with Gasteiger partial charge in [0.05, 0.1) is 29.7 Å². The molecule has 2 aliphatic rings. The van der Waals surface area contributed by atoms with Crippen LogP contribution in [0.25, 0.3) is 10.9 Å². The molecule has 1 saturated heterocycles. The van der Waals surface area contributed by atoms with Gasteiger partial charge in [-0.3, -0.25) is 14.2 Å². The average molecular weight is 447 g/mol. The van der Waals surface area contributed by atoms with Crippen molar-refractivity contribution in [3.63, 3.8) is 0 Å². The van der Waals surface area contributed by atoms with Gasteiger partial charge >= 0.3 is 6.18 Å². The zero-order chi connectivity index (χ0) is 22.5. The van der Waals surface area contributed by atoms with Gasteiger partial charge in [-0.1, -0.05) is 12.1 Å². The normalized spacial score (nSPS) is 18.6. The van der Waals surface area contributed by atoms with Crippen molar-refractivity contribution in [2.75, 3.05) is 13.2 Å². The molecule has 0 aliphatic carbocycles. The second-order valence-corrected chi connectivity index (χ2v) is 7.94. The number of para-hydroxylation sites is 1. The Labute approximate surface area is 180 Å². The van der Waals surface area contributed by atoms with Crippen molar-refractivity contribution in [2.45, 2.75) is 44.6 Å². The maximum atomic E-state index is 13.4. The fraction of sp³-hybridized carbons (Fsp3) is 0.429. The minimum atomic E-state index is -4.62. The first-order chi connectivity index (χ1) is 15.3. The number of nitrogens with zero attached hydrogens (tertiary/aromatic N) is 5. The molecule has 1 unspecified atom stereocenters. The number of hydrogen-bond donors (Lipinski definition) is 0. The zero-order valence-corrected chi connectivity index (χ0v) is 17.0. The first kappa shape index (κ1) is 20.5. The van der Waals surface area contributed by atoms with E-state index in [2.05, 4.69) is 10.1 Å². The van der Waals surface area contributed by atoms with Crippen LogP contribution in [0.3, 0.4) is 0 Å². The van der Waals surface area contributed by atoms with E-state index in [1.54, 1.807) is 22.9 Å². The Bertz CT molecular complexity index is 1250. The van der Waals surface area contributed by atoms with Crippen LogP contribution in [0.2, 0.25) is 0 Å². The van der Waals surface area contributed by atoms with E-state index >= 15 is 0 Å². The average Bonchev–Trinajstić information content (AvgIpc) is 3.42. The summed E-state index contributed by atoms with van der Waals surface area (Å²) in [6.07, 6.45) is -1.43. The number of rotatable bonds is 3. The SMILES string of the molecule is O=C(c1cnn2c1OCCC2)N1CCCC1c1nc2ccccc2c(=O)n1CC(F)(F)F. The van der Waals surface area contributed by atoms with E-state index in [0.717, 1.165) is 6.42 Å². The molecule has 2 aromatic heterocycles. The van der Waals surface area contributed by atoms with E-state index in [0.29, 0.717) is 48.5 Å². The van der Waals surface area contributed by atoms with E-state index in [1.807, 2.05) is 0 Å². The number of ether oxygens (including phenoxy) is 1. The quantitative estimate of drug-likeness (QED) is 0.617. The van der Waals surface area contributed by atoms with E-state index in [-0.39, 0.29) is 16.8 Å². The summed E-state index contributed by atoms with van der Waals surface area (Å²) in [5.41, 5.74) is -0.202. The summed E-state index contributed by atoms with van der Waals surface area (Å²) >= 11 is 0. The molecule has 0 radical (unpaired) electrons. The number of benzene rings is 1. The molecular formula is C21H20F3N5O3. The molecule has 8 nitrogen and oxygen atoms in total. The van der Waals surface area contributed by atoms with Crippen molar-refractivity contribution in [3.8, 4) is 5.88 Å². The zero-order valence-electron chi connectivity index (χ0n) is 17.0. The Morgan fingerprint density at radius 1 is 1.19 bits per heavy atom. The number of alkyl halides is 3. The topological polar surface area (TPSA) is 82.2 Å². The molecule has 5 rings (SSSR count). The lowest BCUT2D eigenvalue weighted by Crippen LogP contribution is -2.38. The maximum Gasteiger partial charge on any atom is 0.406 e. The van der Waals surface area contributed by atoms with Crippen molar-refractivity contribution in [2.24, 2.45) is 0 Å². The van der Waals surface area contributed by atoms with Gasteiger partial charge in [0, 0.05) is 19.5 Å². The van der Waals surface area contributed by atoms with Crippen LogP contribution >= 0.6 is 0 Å². The molecule has 0 N–H and O–H groups in total. The van der Waals surface area contributed by atoms with Crippen molar-refractivity contribution in [1.82, 2.24) is 24.2 Å². The molecule has 4 heterocycles. The van der Waals surface area contributed by atoms with Crippen LogP contribution in [0, 0.1) is 0 Å². The molecule has 0 saturated carbocycles. The molecule has 11 heteroatoms. The Morgan fingerprint density at radius 3 is 2.81 bits per heavy atom. The highest BCUT2D eigenvalue weighted by atomic mass is 19.4. The predicted molar refractivity (Wildman–Crippen MR) is 107 cm³/mol. The van der Waals surface area contributed by atoms with Crippen LogP contribution in [0.5, 0.6) is 5.88 Å². The van der Waals surface area contributed by atoms with Gasteiger partial charge in [0.15, 0.2) is 0 Å². The Morgan fingerprint density at radius 2 is 2.00 bits per heavy atom. The smallest absolute Gasteiger partial charge is 0.406 e. The van der Waals surface area contributed by atoms with Gasteiger partial charge in [-0.05, 0) is 25.0 Å². The van der Waals surface area contributed by atoms with Gasteiger partial charge in [0.25, 0.3) is 11.5 Å². The van der Waals surface area contributed by atoms with Crippen molar-refractivity contribution in [3.05, 3.63) is 52.2 Å². The highest BCUT2D eigenvalue weighted by molar-refractivity contribution is 5.96. The molecule has 1 fully saturated rings. The maximum absolute atomic E-state index is 13.4. The molecule has 2 aliphatic heterocycles. The molecule has 1 atom stereocenters. The van der Waals surface area contributed by atoms with Gasteiger partial charge in [-0.2, -0.15) is 18.3 Å². The lowest BCUT2D eigenvalue weighted by molar-refractivity contribution is -0.141. The monoisotopic (exact) mass is 447 g/mol. The van der Waals surface area contributed by atoms with Gasteiger partial charge in [-0.15, -0.1) is 0 Å². The number of aromatic nitrogens is 4. The minimum absolute atomic E-state index is 0.0566. The van der Waals surface area contributed by atoms with E-state index in [1.165, 1.54) is 17.2 Å². The molecule has 0 spiro atoms. The van der Waals surface area contributed by atoms with Gasteiger partial charge < -0.3 is 9.64 Å². The summed E-state index contributed by atoms with van der Waals surface area (Å²) in [4.78, 5) is 32.2. The highest BCUT2D eigenvalue weighted by Crippen LogP contribution is 2.35. The van der Waals surface area contributed by atoms with Crippen LogP contribution in [0.15, 0.2) is 35.3 Å². The number of hydrogen-bond acceptors (Lipinski definition) is 5. The number of amides is 1. The summed E-state index contributed by atoms with van der Waals surface area (Å²) in [5, 5.41) is 4.30. The summed E-state index contributed by atoms with van der Waals surface area (Å²) < 4.78 is 48.0. The summed E-state index contributed by atoms with van der Waals surface area (Å²) in [6, 6.07) is 5.52. The highest BCUT2D eigenvalue weighted by Gasteiger charge is 2.38. The number of halogens is 3. The Kier molecular flexibility index (Phi) is 4.90. The number of aryl methyl sites for hydroxylation is 1. The third kappa shape index (κ3) is 3.51. The van der Waals surface area contributed by atoms with Crippen LogP contribution in [-0.4, -0.2) is 49.5 Å². The van der Waals surface area contributed by atoms with Gasteiger partial charge in [0.2, 0.25) is 5.88 Å². The van der Waals surface area contributed by atoms with E-state index in [9.17, 15) is 22.8 Å². The molecule has 1 aromatic carbocycles. The third-order valence-corrected chi connectivity index (χ3v) is 5.81. The second-order valence-electron chi connectivity index (χ2n) is 7.94. The molecule has 3 aromatic rings. The number of fused-ring (bicyclic) bond motifs is 2. The summed E-state index contributed by atoms with van der Waals surface area (Å²) in [6.45, 7) is -0.0389. The van der Waals surface area contributed by atoms with Crippen LogP contribution in [0.1, 0.15) is 41.5 Å². The largest absolute Gasteiger partial charge is 0.477 e. The Balaban J connectivity index is 1.59. The molecular weight excluding hydrogens is 427 g/mol. The fourth-order valence-corrected chi connectivity index (χ4v) is 4.42. The van der Waals surface area contributed by atoms with Crippen molar-refractivity contribution in [1.29, 1.82) is 0 Å².